The molecule has 38 heavy (non-hydrogen) atoms. The zero-order valence-electron chi connectivity index (χ0n) is 20.3. The number of nitrogens with zero attached hydrogens (tertiary/aromatic N) is 4. The van der Waals surface area contributed by atoms with Gasteiger partial charge in [0, 0.05) is 25.2 Å². The quantitative estimate of drug-likeness (QED) is 0.357. The van der Waals surface area contributed by atoms with E-state index >= 15 is 0 Å². The molecular formula is C25H23ClFN5O5S. The Labute approximate surface area is 223 Å². The minimum Gasteiger partial charge on any atom is -0.481 e. The average Bonchev–Trinajstić information content (AvgIpc) is 3.43. The SMILES string of the molecule is CC(=O)O.CS(=O)(=O)Oc1ccc(C2(c3cccc(-c4cc(Cl)cnc4F)c3)N=C(N)N3CCN=C32)cc1. The molecule has 2 aliphatic heterocycles. The number of nitrogens with two attached hydrogens (primary N) is 1. The number of carboxylic acid groups (broad SMARTS) is 1. The van der Waals surface area contributed by atoms with E-state index in [1.54, 1.807) is 42.5 Å². The van der Waals surface area contributed by atoms with Gasteiger partial charge in [0.25, 0.3) is 5.97 Å². The van der Waals surface area contributed by atoms with Crippen molar-refractivity contribution in [3.8, 4) is 16.9 Å². The van der Waals surface area contributed by atoms with Crippen molar-refractivity contribution in [1.29, 1.82) is 0 Å². The number of rotatable bonds is 5. The first-order valence-electron chi connectivity index (χ1n) is 11.2. The first kappa shape index (κ1) is 27.0. The summed E-state index contributed by atoms with van der Waals surface area (Å²) in [7, 11) is -3.68. The van der Waals surface area contributed by atoms with Crippen LogP contribution in [0.25, 0.3) is 11.1 Å². The fraction of sp³-hybridized carbons (Fsp3) is 0.200. The van der Waals surface area contributed by atoms with Gasteiger partial charge in [0.2, 0.25) is 5.95 Å². The molecule has 1 atom stereocenters. The maximum absolute atomic E-state index is 14.5. The van der Waals surface area contributed by atoms with Gasteiger partial charge in [-0.05, 0) is 41.0 Å². The Morgan fingerprint density at radius 3 is 2.53 bits per heavy atom. The van der Waals surface area contributed by atoms with Gasteiger partial charge in [-0.1, -0.05) is 41.9 Å². The highest BCUT2D eigenvalue weighted by Gasteiger charge is 2.50. The molecule has 10 nitrogen and oxygen atoms in total. The number of pyridine rings is 1. The van der Waals surface area contributed by atoms with Crippen molar-refractivity contribution >= 4 is 39.5 Å². The van der Waals surface area contributed by atoms with Gasteiger partial charge in [-0.15, -0.1) is 0 Å². The summed E-state index contributed by atoms with van der Waals surface area (Å²) < 4.78 is 42.5. The lowest BCUT2D eigenvalue weighted by molar-refractivity contribution is -0.134. The summed E-state index contributed by atoms with van der Waals surface area (Å²) in [4.78, 5) is 24.1. The number of carbonyl (C=O) groups is 1. The van der Waals surface area contributed by atoms with Gasteiger partial charge in [0.1, 0.15) is 11.6 Å². The number of aliphatic carboxylic acids is 1. The molecule has 0 amide bonds. The van der Waals surface area contributed by atoms with Crippen LogP contribution >= 0.6 is 11.6 Å². The van der Waals surface area contributed by atoms with Gasteiger partial charge >= 0.3 is 10.1 Å². The van der Waals surface area contributed by atoms with Crippen molar-refractivity contribution < 1.29 is 26.9 Å². The van der Waals surface area contributed by atoms with E-state index in [2.05, 4.69) is 9.98 Å². The van der Waals surface area contributed by atoms with Crippen LogP contribution in [0.3, 0.4) is 0 Å². The van der Waals surface area contributed by atoms with Crippen molar-refractivity contribution in [3.05, 3.63) is 82.9 Å². The van der Waals surface area contributed by atoms with E-state index in [1.807, 2.05) is 11.0 Å². The molecule has 1 unspecified atom stereocenters. The van der Waals surface area contributed by atoms with Gasteiger partial charge < -0.3 is 15.0 Å². The second kappa shape index (κ2) is 10.4. The molecule has 3 N–H and O–H groups in total. The molecule has 198 valence electrons. The summed E-state index contributed by atoms with van der Waals surface area (Å²) in [6.07, 6.45) is 2.23. The minimum absolute atomic E-state index is 0.169. The molecule has 0 saturated carbocycles. The molecule has 3 heterocycles. The van der Waals surface area contributed by atoms with Crippen molar-refractivity contribution in [2.24, 2.45) is 15.7 Å². The van der Waals surface area contributed by atoms with Gasteiger partial charge in [-0.25, -0.2) is 9.98 Å². The number of guanidine groups is 1. The molecule has 0 saturated heterocycles. The Hall–Kier alpha value is -4.03. The average molecular weight is 560 g/mol. The van der Waals surface area contributed by atoms with Gasteiger partial charge in [-0.2, -0.15) is 12.8 Å². The second-order valence-corrected chi connectivity index (χ2v) is 10.5. The van der Waals surface area contributed by atoms with Crippen molar-refractivity contribution in [1.82, 2.24) is 9.88 Å². The molecule has 1 aromatic heterocycles. The third-order valence-electron chi connectivity index (χ3n) is 5.64. The predicted molar refractivity (Wildman–Crippen MR) is 141 cm³/mol. The highest BCUT2D eigenvalue weighted by molar-refractivity contribution is 7.86. The van der Waals surface area contributed by atoms with E-state index in [4.69, 9.17) is 36.4 Å². The lowest BCUT2D eigenvalue weighted by Crippen LogP contribution is -2.41. The summed E-state index contributed by atoms with van der Waals surface area (Å²) in [5.74, 6) is -0.355. The number of hydrogen-bond donors (Lipinski definition) is 2. The fourth-order valence-corrected chi connectivity index (χ4v) is 4.90. The largest absolute Gasteiger partial charge is 0.481 e. The van der Waals surface area contributed by atoms with Crippen LogP contribution in [0.2, 0.25) is 5.02 Å². The Kier molecular flexibility index (Phi) is 7.38. The molecule has 0 bridgehead atoms. The first-order valence-corrected chi connectivity index (χ1v) is 13.4. The fourth-order valence-electron chi connectivity index (χ4n) is 4.28. The highest BCUT2D eigenvalue weighted by atomic mass is 35.5. The number of hydrogen-bond acceptors (Lipinski definition) is 9. The summed E-state index contributed by atoms with van der Waals surface area (Å²) in [5, 5.41) is 7.73. The normalized spacial score (nSPS) is 18.2. The summed E-state index contributed by atoms with van der Waals surface area (Å²) >= 11 is 6.06. The lowest BCUT2D eigenvalue weighted by atomic mass is 9.81. The Bertz CT molecular complexity index is 1560. The van der Waals surface area contributed by atoms with E-state index in [-0.39, 0.29) is 11.3 Å². The van der Waals surface area contributed by atoms with Crippen LogP contribution in [0.5, 0.6) is 5.75 Å². The molecule has 13 heteroatoms. The number of fused-ring (bicyclic) bond motifs is 1. The van der Waals surface area contributed by atoms with Crippen LogP contribution in [0.4, 0.5) is 4.39 Å². The van der Waals surface area contributed by atoms with Crippen LogP contribution in [0.15, 0.2) is 70.8 Å². The number of aromatic nitrogens is 1. The van der Waals surface area contributed by atoms with E-state index in [1.165, 1.54) is 12.3 Å². The van der Waals surface area contributed by atoms with Crippen molar-refractivity contribution in [2.45, 2.75) is 12.5 Å². The minimum atomic E-state index is -3.68. The number of amidine groups is 1. The summed E-state index contributed by atoms with van der Waals surface area (Å²) in [6.45, 7) is 2.23. The highest BCUT2D eigenvalue weighted by Crippen LogP contribution is 2.43. The van der Waals surface area contributed by atoms with Gasteiger partial charge in [0.15, 0.2) is 11.5 Å². The van der Waals surface area contributed by atoms with Crippen LogP contribution in [-0.4, -0.2) is 60.5 Å². The lowest BCUT2D eigenvalue weighted by Gasteiger charge is -2.29. The van der Waals surface area contributed by atoms with Crippen molar-refractivity contribution in [2.75, 3.05) is 19.3 Å². The molecule has 2 aromatic carbocycles. The number of halogens is 2. The number of carboxylic acids is 1. The molecular weight excluding hydrogens is 537 g/mol. The zero-order chi connectivity index (χ0) is 27.7. The summed E-state index contributed by atoms with van der Waals surface area (Å²) in [6, 6.07) is 15.3. The van der Waals surface area contributed by atoms with Crippen LogP contribution in [-0.2, 0) is 20.5 Å². The van der Waals surface area contributed by atoms with Gasteiger partial charge in [0.05, 0.1) is 17.8 Å². The third kappa shape index (κ3) is 5.46. The molecule has 0 fully saturated rings. The van der Waals surface area contributed by atoms with Crippen LogP contribution < -0.4 is 9.92 Å². The van der Waals surface area contributed by atoms with E-state index in [0.717, 1.165) is 13.2 Å². The topological polar surface area (TPSA) is 148 Å². The van der Waals surface area contributed by atoms with E-state index in [0.29, 0.717) is 46.6 Å². The maximum atomic E-state index is 14.5. The Morgan fingerprint density at radius 2 is 1.87 bits per heavy atom. The van der Waals surface area contributed by atoms with Gasteiger partial charge in [-0.3, -0.25) is 14.7 Å². The van der Waals surface area contributed by atoms with E-state index < -0.39 is 27.6 Å². The first-order chi connectivity index (χ1) is 17.9. The monoisotopic (exact) mass is 559 g/mol. The number of benzene rings is 2. The predicted octanol–water partition coefficient (Wildman–Crippen LogP) is 3.26. The Balaban J connectivity index is 0.000000786. The molecule has 0 aliphatic carbocycles. The smallest absolute Gasteiger partial charge is 0.306 e. The third-order valence-corrected chi connectivity index (χ3v) is 6.34. The van der Waals surface area contributed by atoms with Crippen LogP contribution in [0.1, 0.15) is 18.1 Å². The molecule has 3 aromatic rings. The van der Waals surface area contributed by atoms with E-state index in [9.17, 15) is 12.8 Å². The number of aliphatic imine (C=N–C) groups is 2. The van der Waals surface area contributed by atoms with Crippen LogP contribution in [0, 0.1) is 5.95 Å². The molecule has 0 radical (unpaired) electrons. The summed E-state index contributed by atoms with van der Waals surface area (Å²) in [5.41, 5.74) is 7.38. The Morgan fingerprint density at radius 1 is 1.18 bits per heavy atom. The molecule has 2 aliphatic rings. The second-order valence-electron chi connectivity index (χ2n) is 8.44. The standard InChI is InChI=1S/C23H19ClFN5O3S.C2H4O2/c1-34(31,32)33-18-7-5-15(6-8-18)23(21-27-9-10-30(21)22(26)29-23)16-4-2-3-14(11-16)19-12-17(24)13-28-20(19)25;1-2(3)4/h2-8,11-13H,9-10H2,1H3,(H2,26,29);1H3,(H,3,4). The van der Waals surface area contributed by atoms with Crippen molar-refractivity contribution in [3.63, 3.8) is 0 Å². The maximum Gasteiger partial charge on any atom is 0.306 e. The zero-order valence-corrected chi connectivity index (χ0v) is 21.9. The molecule has 0 spiro atoms. The molecule has 5 rings (SSSR count).